The Morgan fingerprint density at radius 2 is 2.17 bits per heavy atom. The smallest absolute Gasteiger partial charge is 0.306 e. The third kappa shape index (κ3) is 3.96. The molecule has 2 aliphatic heterocycles. The number of ether oxygens (including phenoxy) is 1. The Bertz CT molecular complexity index is 553. The summed E-state index contributed by atoms with van der Waals surface area (Å²) in [5, 5.41) is 12.5. The van der Waals surface area contributed by atoms with Gasteiger partial charge in [-0.05, 0) is 56.5 Å². The minimum atomic E-state index is -0.643. The number of nitrogens with one attached hydrogen (secondary N) is 1. The van der Waals surface area contributed by atoms with Gasteiger partial charge in [0, 0.05) is 6.54 Å². The van der Waals surface area contributed by atoms with Crippen LogP contribution in [-0.2, 0) is 11.2 Å². The maximum absolute atomic E-state index is 11.0. The number of anilines is 1. The van der Waals surface area contributed by atoms with E-state index in [4.69, 9.17) is 9.84 Å². The maximum Gasteiger partial charge on any atom is 0.306 e. The summed E-state index contributed by atoms with van der Waals surface area (Å²) in [5.41, 5.74) is 2.40. The highest BCUT2D eigenvalue weighted by molar-refractivity contribution is 5.70. The Hall–Kier alpha value is -1.75. The Morgan fingerprint density at radius 1 is 1.39 bits per heavy atom. The van der Waals surface area contributed by atoms with Crippen LogP contribution in [0.3, 0.4) is 0 Å². The lowest BCUT2D eigenvalue weighted by Gasteiger charge is -2.30. The minimum absolute atomic E-state index is 0.150. The average molecular weight is 318 g/mol. The van der Waals surface area contributed by atoms with Crippen LogP contribution >= 0.6 is 0 Å². The van der Waals surface area contributed by atoms with E-state index in [0.29, 0.717) is 0 Å². The Morgan fingerprint density at radius 3 is 2.87 bits per heavy atom. The number of carboxylic acid groups (broad SMARTS) is 1. The zero-order valence-corrected chi connectivity index (χ0v) is 13.8. The predicted molar refractivity (Wildman–Crippen MR) is 90.1 cm³/mol. The number of rotatable bonds is 5. The summed E-state index contributed by atoms with van der Waals surface area (Å²) in [6.07, 6.45) is 3.81. The molecule has 1 fully saturated rings. The normalized spacial score (nSPS) is 22.0. The highest BCUT2D eigenvalue weighted by Crippen LogP contribution is 2.31. The molecule has 2 N–H and O–H groups in total. The first kappa shape index (κ1) is 16.1. The fraction of sp³-hybridized carbons (Fsp3) is 0.611. The lowest BCUT2D eigenvalue weighted by Crippen LogP contribution is -2.37. The molecule has 2 aliphatic rings. The van der Waals surface area contributed by atoms with Crippen molar-refractivity contribution in [1.82, 2.24) is 4.90 Å². The van der Waals surface area contributed by atoms with E-state index in [1.807, 2.05) is 0 Å². The molecule has 0 radical (unpaired) electrons. The number of carboxylic acids is 1. The van der Waals surface area contributed by atoms with Crippen molar-refractivity contribution in [2.45, 2.75) is 38.7 Å². The van der Waals surface area contributed by atoms with E-state index in [9.17, 15) is 4.79 Å². The summed E-state index contributed by atoms with van der Waals surface area (Å²) in [5.74, 6) is 0.160. The lowest BCUT2D eigenvalue weighted by molar-refractivity contribution is -0.143. The third-order valence-corrected chi connectivity index (χ3v) is 4.97. The molecule has 1 saturated heterocycles. The van der Waals surface area contributed by atoms with E-state index in [1.165, 1.54) is 5.56 Å². The number of benzene rings is 1. The number of aliphatic carboxylic acids is 1. The van der Waals surface area contributed by atoms with Crippen LogP contribution in [0, 0.1) is 5.92 Å². The molecule has 1 aromatic rings. The predicted octanol–water partition coefficient (Wildman–Crippen LogP) is 2.61. The van der Waals surface area contributed by atoms with Gasteiger partial charge in [0.15, 0.2) is 0 Å². The van der Waals surface area contributed by atoms with Crippen molar-refractivity contribution in [3.8, 4) is 5.75 Å². The Labute approximate surface area is 137 Å². The van der Waals surface area contributed by atoms with Crippen LogP contribution in [-0.4, -0.2) is 48.3 Å². The van der Waals surface area contributed by atoms with Crippen LogP contribution in [0.25, 0.3) is 0 Å². The largest absolute Gasteiger partial charge is 0.486 e. The van der Waals surface area contributed by atoms with Gasteiger partial charge in [-0.3, -0.25) is 4.79 Å². The van der Waals surface area contributed by atoms with Crippen molar-refractivity contribution in [3.05, 3.63) is 23.8 Å². The number of nitrogens with zero attached hydrogens (tertiary/aromatic N) is 1. The molecular formula is C18H26N2O3. The molecule has 1 aromatic carbocycles. The summed E-state index contributed by atoms with van der Waals surface area (Å²) in [6, 6.07) is 6.39. The van der Waals surface area contributed by atoms with Crippen molar-refractivity contribution in [1.29, 1.82) is 0 Å². The van der Waals surface area contributed by atoms with Gasteiger partial charge >= 0.3 is 5.97 Å². The molecule has 5 heteroatoms. The van der Waals surface area contributed by atoms with Gasteiger partial charge in [-0.25, -0.2) is 0 Å². The molecular weight excluding hydrogens is 292 g/mol. The maximum atomic E-state index is 11.0. The fourth-order valence-corrected chi connectivity index (χ4v) is 3.34. The highest BCUT2D eigenvalue weighted by Gasteiger charge is 2.24. The monoisotopic (exact) mass is 318 g/mol. The third-order valence-electron chi connectivity index (χ3n) is 4.97. The van der Waals surface area contributed by atoms with E-state index < -0.39 is 5.97 Å². The van der Waals surface area contributed by atoms with Gasteiger partial charge in [0.05, 0.1) is 18.2 Å². The zero-order chi connectivity index (χ0) is 16.2. The summed E-state index contributed by atoms with van der Waals surface area (Å²) < 4.78 is 5.94. The Kier molecular flexibility index (Phi) is 5.06. The van der Waals surface area contributed by atoms with Gasteiger partial charge in [-0.1, -0.05) is 13.0 Å². The summed E-state index contributed by atoms with van der Waals surface area (Å²) in [4.78, 5) is 13.4. The van der Waals surface area contributed by atoms with Crippen LogP contribution in [0.5, 0.6) is 5.75 Å². The summed E-state index contributed by atoms with van der Waals surface area (Å²) in [7, 11) is 0. The van der Waals surface area contributed by atoms with E-state index in [1.54, 1.807) is 0 Å². The summed E-state index contributed by atoms with van der Waals surface area (Å²) in [6.45, 7) is 5.78. The molecule has 2 heterocycles. The Balaban J connectivity index is 1.51. The van der Waals surface area contributed by atoms with E-state index >= 15 is 0 Å². The van der Waals surface area contributed by atoms with Crippen molar-refractivity contribution in [3.63, 3.8) is 0 Å². The number of fused-ring (bicyclic) bond motifs is 1. The van der Waals surface area contributed by atoms with Gasteiger partial charge in [-0.2, -0.15) is 0 Å². The zero-order valence-electron chi connectivity index (χ0n) is 13.8. The molecule has 0 bridgehead atoms. The quantitative estimate of drug-likeness (QED) is 0.874. The highest BCUT2D eigenvalue weighted by atomic mass is 16.5. The average Bonchev–Trinajstić information content (AvgIpc) is 2.59. The molecule has 0 aliphatic carbocycles. The first-order chi connectivity index (χ1) is 11.2. The number of hydrogen-bond donors (Lipinski definition) is 2. The molecule has 0 amide bonds. The van der Waals surface area contributed by atoms with Gasteiger partial charge in [0.1, 0.15) is 11.9 Å². The van der Waals surface area contributed by atoms with Crippen molar-refractivity contribution in [2.24, 2.45) is 5.92 Å². The molecule has 126 valence electrons. The molecule has 0 aromatic heterocycles. The standard InChI is InChI=1S/C18H26N2O3/c1-2-15-12-19-16-11-13(3-4-17(16)23-15)5-8-20-9-6-14(7-10-20)18(21)22/h3-4,11,14-15,19H,2,5-10,12H2,1H3,(H,21,22). The first-order valence-electron chi connectivity index (χ1n) is 8.64. The molecule has 23 heavy (non-hydrogen) atoms. The first-order valence-corrected chi connectivity index (χ1v) is 8.64. The molecule has 0 spiro atoms. The second-order valence-electron chi connectivity index (χ2n) is 6.56. The molecule has 3 rings (SSSR count). The molecule has 1 unspecified atom stereocenters. The molecule has 0 saturated carbocycles. The van der Waals surface area contributed by atoms with E-state index in [0.717, 1.165) is 63.3 Å². The lowest BCUT2D eigenvalue weighted by atomic mass is 9.97. The van der Waals surface area contributed by atoms with Crippen LogP contribution in [0.1, 0.15) is 31.7 Å². The van der Waals surface area contributed by atoms with Gasteiger partial charge < -0.3 is 20.1 Å². The van der Waals surface area contributed by atoms with Crippen molar-refractivity contribution < 1.29 is 14.6 Å². The van der Waals surface area contributed by atoms with E-state index in [-0.39, 0.29) is 12.0 Å². The van der Waals surface area contributed by atoms with Crippen LogP contribution in [0.4, 0.5) is 5.69 Å². The minimum Gasteiger partial charge on any atom is -0.486 e. The fourth-order valence-electron chi connectivity index (χ4n) is 3.34. The van der Waals surface area contributed by atoms with E-state index in [2.05, 4.69) is 35.3 Å². The van der Waals surface area contributed by atoms with Gasteiger partial charge in [-0.15, -0.1) is 0 Å². The number of hydrogen-bond acceptors (Lipinski definition) is 4. The second-order valence-corrected chi connectivity index (χ2v) is 6.56. The summed E-state index contributed by atoms with van der Waals surface area (Å²) >= 11 is 0. The second kappa shape index (κ2) is 7.21. The van der Waals surface area contributed by atoms with Gasteiger partial charge in [0.2, 0.25) is 0 Å². The van der Waals surface area contributed by atoms with Crippen molar-refractivity contribution >= 4 is 11.7 Å². The van der Waals surface area contributed by atoms with Crippen LogP contribution in [0.2, 0.25) is 0 Å². The molecule has 5 nitrogen and oxygen atoms in total. The topological polar surface area (TPSA) is 61.8 Å². The van der Waals surface area contributed by atoms with Gasteiger partial charge in [0.25, 0.3) is 0 Å². The SMILES string of the molecule is CCC1CNc2cc(CCN3CCC(C(=O)O)CC3)ccc2O1. The number of carbonyl (C=O) groups is 1. The molecule has 1 atom stereocenters. The van der Waals surface area contributed by atoms with Crippen molar-refractivity contribution in [2.75, 3.05) is 31.5 Å². The number of likely N-dealkylation sites (tertiary alicyclic amines) is 1. The van der Waals surface area contributed by atoms with Crippen LogP contribution in [0.15, 0.2) is 18.2 Å². The number of piperidine rings is 1. The van der Waals surface area contributed by atoms with Crippen LogP contribution < -0.4 is 10.1 Å².